The Morgan fingerprint density at radius 3 is 2.30 bits per heavy atom. The molecule has 2 rings (SSSR count). The number of nitrogens with zero attached hydrogens (tertiary/aromatic N) is 1. The molecule has 0 aromatic heterocycles. The fourth-order valence-electron chi connectivity index (χ4n) is 2.36. The average Bonchev–Trinajstić information content (AvgIpc) is 2.47. The van der Waals surface area contributed by atoms with Crippen molar-refractivity contribution in [3.63, 3.8) is 0 Å². The van der Waals surface area contributed by atoms with Crippen molar-refractivity contribution in [2.24, 2.45) is 0 Å². The largest absolute Gasteiger partial charge is 0.253 e. The minimum atomic E-state index is -3.64. The van der Waals surface area contributed by atoms with Gasteiger partial charge in [-0.3, -0.25) is 0 Å². The van der Waals surface area contributed by atoms with Crippen LogP contribution in [0.25, 0.3) is 0 Å². The SMILES string of the molecule is Cc1ccc(S(=O)(=O)NNC2(C#N)CCCCC2)cc1. The van der Waals surface area contributed by atoms with Gasteiger partial charge in [-0.15, -0.1) is 4.83 Å². The summed E-state index contributed by atoms with van der Waals surface area (Å²) in [5.74, 6) is 0. The van der Waals surface area contributed by atoms with E-state index in [4.69, 9.17) is 0 Å². The Morgan fingerprint density at radius 2 is 1.75 bits per heavy atom. The molecule has 108 valence electrons. The summed E-state index contributed by atoms with van der Waals surface area (Å²) in [5.41, 5.74) is 2.96. The van der Waals surface area contributed by atoms with Gasteiger partial charge in [-0.05, 0) is 31.9 Å². The van der Waals surface area contributed by atoms with Crippen LogP contribution in [0.5, 0.6) is 0 Å². The number of nitriles is 1. The number of sulfonamides is 1. The molecule has 6 heteroatoms. The highest BCUT2D eigenvalue weighted by Gasteiger charge is 2.33. The van der Waals surface area contributed by atoms with Gasteiger partial charge in [0.1, 0.15) is 5.54 Å². The van der Waals surface area contributed by atoms with E-state index in [1.807, 2.05) is 6.92 Å². The first-order valence-corrected chi connectivity index (χ1v) is 8.23. The van der Waals surface area contributed by atoms with Gasteiger partial charge in [0.2, 0.25) is 0 Å². The molecule has 0 spiro atoms. The minimum Gasteiger partial charge on any atom is -0.224 e. The van der Waals surface area contributed by atoms with Crippen LogP contribution in [0.15, 0.2) is 29.2 Å². The van der Waals surface area contributed by atoms with Crippen molar-refractivity contribution in [2.45, 2.75) is 49.5 Å². The summed E-state index contributed by atoms with van der Waals surface area (Å²) in [7, 11) is -3.64. The second-order valence-electron chi connectivity index (χ2n) is 5.30. The molecule has 20 heavy (non-hydrogen) atoms. The highest BCUT2D eigenvalue weighted by Crippen LogP contribution is 2.27. The molecule has 1 aliphatic rings. The van der Waals surface area contributed by atoms with Gasteiger partial charge in [0, 0.05) is 0 Å². The van der Waals surface area contributed by atoms with Crippen LogP contribution in [0.4, 0.5) is 0 Å². The van der Waals surface area contributed by atoms with Gasteiger partial charge in [-0.25, -0.2) is 13.8 Å². The fourth-order valence-corrected chi connectivity index (χ4v) is 3.30. The number of nitrogens with one attached hydrogen (secondary N) is 2. The zero-order valence-corrected chi connectivity index (χ0v) is 12.3. The standard InChI is InChI=1S/C14H19N3O2S/c1-12-5-7-13(8-6-12)20(18,19)17-16-14(11-15)9-3-2-4-10-14/h5-8,16-17H,2-4,9-10H2,1H3. The molecule has 0 heterocycles. The van der Waals surface area contributed by atoms with Crippen molar-refractivity contribution in [2.75, 3.05) is 0 Å². The van der Waals surface area contributed by atoms with E-state index in [9.17, 15) is 13.7 Å². The van der Waals surface area contributed by atoms with Crippen LogP contribution in [0, 0.1) is 18.3 Å². The third-order valence-electron chi connectivity index (χ3n) is 3.68. The molecule has 0 atom stereocenters. The van der Waals surface area contributed by atoms with Gasteiger partial charge in [-0.1, -0.05) is 37.0 Å². The minimum absolute atomic E-state index is 0.194. The number of hydrogen-bond acceptors (Lipinski definition) is 4. The van der Waals surface area contributed by atoms with Crippen LogP contribution in [0.1, 0.15) is 37.7 Å². The van der Waals surface area contributed by atoms with Gasteiger partial charge in [0.05, 0.1) is 11.0 Å². The second-order valence-corrected chi connectivity index (χ2v) is 6.98. The Hall–Kier alpha value is -1.42. The Kier molecular flexibility index (Phi) is 4.43. The topological polar surface area (TPSA) is 82.0 Å². The predicted octanol–water partition coefficient (Wildman–Crippen LogP) is 2.00. The zero-order valence-electron chi connectivity index (χ0n) is 11.5. The summed E-state index contributed by atoms with van der Waals surface area (Å²) in [6.45, 7) is 1.90. The van der Waals surface area contributed by atoms with Gasteiger partial charge in [0.25, 0.3) is 10.0 Å². The Labute approximate surface area is 120 Å². The first kappa shape index (κ1) is 15.0. The third kappa shape index (κ3) is 3.37. The predicted molar refractivity (Wildman–Crippen MR) is 76.1 cm³/mol. The first-order chi connectivity index (χ1) is 9.47. The van der Waals surface area contributed by atoms with Gasteiger partial charge < -0.3 is 0 Å². The molecule has 0 unspecified atom stereocenters. The van der Waals surface area contributed by atoms with E-state index in [1.165, 1.54) is 0 Å². The first-order valence-electron chi connectivity index (χ1n) is 6.74. The lowest BCUT2D eigenvalue weighted by molar-refractivity contribution is 0.287. The van der Waals surface area contributed by atoms with Gasteiger partial charge in [-0.2, -0.15) is 5.26 Å². The zero-order chi connectivity index (χ0) is 14.6. The molecule has 0 saturated heterocycles. The molecule has 1 fully saturated rings. The summed E-state index contributed by atoms with van der Waals surface area (Å²) < 4.78 is 24.3. The van der Waals surface area contributed by atoms with Crippen molar-refractivity contribution in [1.29, 1.82) is 5.26 Å². The summed E-state index contributed by atoms with van der Waals surface area (Å²) in [6, 6.07) is 8.81. The van der Waals surface area contributed by atoms with E-state index in [2.05, 4.69) is 16.3 Å². The Bertz CT molecular complexity index is 596. The maximum Gasteiger partial charge on any atom is 0.253 e. The van der Waals surface area contributed by atoms with Crippen molar-refractivity contribution < 1.29 is 8.42 Å². The van der Waals surface area contributed by atoms with Gasteiger partial charge >= 0.3 is 0 Å². The summed E-state index contributed by atoms with van der Waals surface area (Å²) in [4.78, 5) is 2.55. The number of rotatable bonds is 4. The Morgan fingerprint density at radius 1 is 1.15 bits per heavy atom. The van der Waals surface area contributed by atoms with Crippen LogP contribution in [-0.4, -0.2) is 14.0 Å². The maximum atomic E-state index is 12.2. The lowest BCUT2D eigenvalue weighted by Crippen LogP contribution is -2.54. The molecule has 5 nitrogen and oxygen atoms in total. The highest BCUT2D eigenvalue weighted by molar-refractivity contribution is 7.89. The molecule has 1 aromatic carbocycles. The van der Waals surface area contributed by atoms with Crippen LogP contribution in [0.2, 0.25) is 0 Å². The molecule has 0 bridgehead atoms. The molecule has 0 amide bonds. The second kappa shape index (κ2) is 5.92. The molecule has 1 saturated carbocycles. The fraction of sp³-hybridized carbons (Fsp3) is 0.500. The summed E-state index contributed by atoms with van der Waals surface area (Å²) >= 11 is 0. The van der Waals surface area contributed by atoms with Crippen molar-refractivity contribution in [1.82, 2.24) is 10.3 Å². The molecule has 0 radical (unpaired) electrons. The summed E-state index contributed by atoms with van der Waals surface area (Å²) in [5, 5.41) is 9.30. The van der Waals surface area contributed by atoms with E-state index in [0.29, 0.717) is 12.8 Å². The van der Waals surface area contributed by atoms with Crippen LogP contribution >= 0.6 is 0 Å². The van der Waals surface area contributed by atoms with Crippen molar-refractivity contribution in [3.8, 4) is 6.07 Å². The van der Waals surface area contributed by atoms with Crippen LogP contribution in [0.3, 0.4) is 0 Å². The molecule has 2 N–H and O–H groups in total. The van der Waals surface area contributed by atoms with Crippen LogP contribution in [-0.2, 0) is 10.0 Å². The van der Waals surface area contributed by atoms with E-state index < -0.39 is 15.6 Å². The molecule has 1 aromatic rings. The monoisotopic (exact) mass is 293 g/mol. The molecule has 1 aliphatic carbocycles. The highest BCUT2D eigenvalue weighted by atomic mass is 32.2. The number of benzene rings is 1. The van der Waals surface area contributed by atoms with Gasteiger partial charge in [0.15, 0.2) is 0 Å². The quantitative estimate of drug-likeness (QED) is 0.832. The molecular weight excluding hydrogens is 274 g/mol. The smallest absolute Gasteiger partial charge is 0.224 e. The van der Waals surface area contributed by atoms with E-state index in [-0.39, 0.29) is 4.90 Å². The molecular formula is C14H19N3O2S. The summed E-state index contributed by atoms with van der Waals surface area (Å²) in [6.07, 6.45) is 4.30. The maximum absolute atomic E-state index is 12.2. The Balaban J connectivity index is 2.09. The number of aryl methyl sites for hydroxylation is 1. The van der Waals surface area contributed by atoms with E-state index in [0.717, 1.165) is 24.8 Å². The van der Waals surface area contributed by atoms with E-state index >= 15 is 0 Å². The lowest BCUT2D eigenvalue weighted by atomic mass is 9.83. The van der Waals surface area contributed by atoms with Crippen LogP contribution < -0.4 is 10.3 Å². The average molecular weight is 293 g/mol. The van der Waals surface area contributed by atoms with Crippen molar-refractivity contribution >= 4 is 10.0 Å². The van der Waals surface area contributed by atoms with E-state index in [1.54, 1.807) is 24.3 Å². The van der Waals surface area contributed by atoms with Crippen molar-refractivity contribution in [3.05, 3.63) is 29.8 Å². The molecule has 0 aliphatic heterocycles. The number of hydrogen-bond donors (Lipinski definition) is 2. The number of hydrazine groups is 1. The third-order valence-corrected chi connectivity index (χ3v) is 4.94. The normalized spacial score (nSPS) is 18.4. The lowest BCUT2D eigenvalue weighted by Gasteiger charge is -2.31.